The normalized spacial score (nSPS) is 13.7. The lowest BCUT2D eigenvalue weighted by Gasteiger charge is -2.20. The van der Waals surface area contributed by atoms with E-state index in [-0.39, 0.29) is 24.4 Å². The van der Waals surface area contributed by atoms with Crippen LogP contribution in [0.5, 0.6) is 5.75 Å². The maximum atomic E-state index is 13.3. The first kappa shape index (κ1) is 16.4. The first-order valence-electron chi connectivity index (χ1n) is 6.48. The average Bonchev–Trinajstić information content (AvgIpc) is 2.39. The Morgan fingerprint density at radius 2 is 2.15 bits per heavy atom. The van der Waals surface area contributed by atoms with Crippen LogP contribution >= 0.6 is 0 Å². The third kappa shape index (κ3) is 4.79. The number of ether oxygens (including phenoxy) is 1. The van der Waals surface area contributed by atoms with Gasteiger partial charge in [-0.3, -0.25) is 4.79 Å². The molecule has 1 aromatic carbocycles. The third-order valence-electron chi connectivity index (χ3n) is 2.77. The number of hydrogen-bond acceptors (Lipinski definition) is 4. The fourth-order valence-corrected chi connectivity index (χ4v) is 1.80. The third-order valence-corrected chi connectivity index (χ3v) is 2.77. The number of carbonyl (C=O) groups excluding carboxylic acids is 1. The predicted octanol–water partition coefficient (Wildman–Crippen LogP) is 1.14. The molecule has 0 aromatic heterocycles. The van der Waals surface area contributed by atoms with E-state index in [0.717, 1.165) is 6.07 Å². The molecule has 6 heteroatoms. The van der Waals surface area contributed by atoms with Crippen LogP contribution in [0.15, 0.2) is 18.2 Å². The Labute approximate surface area is 117 Å². The first-order chi connectivity index (χ1) is 9.45. The molecule has 0 aliphatic rings. The number of aliphatic hydroxyl groups excluding tert-OH is 2. The van der Waals surface area contributed by atoms with Gasteiger partial charge in [0, 0.05) is 19.0 Å². The second-order valence-electron chi connectivity index (χ2n) is 4.40. The molecular formula is C14H20FNO4. The first-order valence-corrected chi connectivity index (χ1v) is 6.48. The van der Waals surface area contributed by atoms with E-state index in [9.17, 15) is 19.4 Å². The average molecular weight is 285 g/mol. The summed E-state index contributed by atoms with van der Waals surface area (Å²) in [6.07, 6.45) is -2.24. The summed E-state index contributed by atoms with van der Waals surface area (Å²) in [5.41, 5.74) is 0.196. The van der Waals surface area contributed by atoms with Crippen LogP contribution in [0, 0.1) is 5.82 Å². The largest absolute Gasteiger partial charge is 0.493 e. The van der Waals surface area contributed by atoms with E-state index < -0.39 is 18.0 Å². The maximum absolute atomic E-state index is 13.3. The van der Waals surface area contributed by atoms with Crippen LogP contribution in [0.4, 0.5) is 4.39 Å². The highest BCUT2D eigenvalue weighted by Crippen LogP contribution is 2.29. The Morgan fingerprint density at radius 1 is 1.45 bits per heavy atom. The SMILES string of the molecule is CCOc1ccc(F)cc1C(O)C(O)CCNC(C)=O. The molecule has 2 unspecified atom stereocenters. The van der Waals surface area contributed by atoms with Crippen LogP contribution in [-0.2, 0) is 4.79 Å². The van der Waals surface area contributed by atoms with E-state index in [1.165, 1.54) is 19.1 Å². The zero-order chi connectivity index (χ0) is 15.1. The van der Waals surface area contributed by atoms with Gasteiger partial charge >= 0.3 is 0 Å². The van der Waals surface area contributed by atoms with Crippen molar-refractivity contribution in [3.05, 3.63) is 29.6 Å². The second kappa shape index (κ2) is 7.81. The molecule has 5 nitrogen and oxygen atoms in total. The van der Waals surface area contributed by atoms with Gasteiger partial charge in [-0.2, -0.15) is 0 Å². The molecule has 0 saturated heterocycles. The number of carbonyl (C=O) groups is 1. The van der Waals surface area contributed by atoms with Crippen molar-refractivity contribution in [1.82, 2.24) is 5.32 Å². The molecule has 0 heterocycles. The van der Waals surface area contributed by atoms with Crippen molar-refractivity contribution in [2.45, 2.75) is 32.5 Å². The molecule has 3 N–H and O–H groups in total. The summed E-state index contributed by atoms with van der Waals surface area (Å²) < 4.78 is 18.6. The fourth-order valence-electron chi connectivity index (χ4n) is 1.80. The number of hydrogen-bond donors (Lipinski definition) is 3. The molecule has 0 bridgehead atoms. The highest BCUT2D eigenvalue weighted by atomic mass is 19.1. The molecule has 1 aromatic rings. The van der Waals surface area contributed by atoms with Crippen LogP contribution in [0.3, 0.4) is 0 Å². The van der Waals surface area contributed by atoms with Gasteiger partial charge in [0.1, 0.15) is 17.7 Å². The zero-order valence-corrected chi connectivity index (χ0v) is 11.6. The number of halogens is 1. The number of benzene rings is 1. The molecule has 0 radical (unpaired) electrons. The molecule has 0 saturated carbocycles. The monoisotopic (exact) mass is 285 g/mol. The molecule has 0 spiro atoms. The lowest BCUT2D eigenvalue weighted by molar-refractivity contribution is -0.119. The van der Waals surface area contributed by atoms with Gasteiger partial charge in [-0.15, -0.1) is 0 Å². The molecule has 1 rings (SSSR count). The van der Waals surface area contributed by atoms with Gasteiger partial charge in [-0.05, 0) is 31.5 Å². The highest BCUT2D eigenvalue weighted by molar-refractivity contribution is 5.72. The van der Waals surface area contributed by atoms with Crippen LogP contribution in [0.1, 0.15) is 31.9 Å². The highest BCUT2D eigenvalue weighted by Gasteiger charge is 2.22. The van der Waals surface area contributed by atoms with E-state index >= 15 is 0 Å². The Balaban J connectivity index is 2.76. The molecule has 0 aliphatic heterocycles. The van der Waals surface area contributed by atoms with Crippen molar-refractivity contribution in [2.75, 3.05) is 13.2 Å². The van der Waals surface area contributed by atoms with E-state index in [1.54, 1.807) is 6.92 Å². The Hall–Kier alpha value is -1.66. The van der Waals surface area contributed by atoms with Crippen molar-refractivity contribution in [3.8, 4) is 5.75 Å². The molecule has 20 heavy (non-hydrogen) atoms. The maximum Gasteiger partial charge on any atom is 0.216 e. The summed E-state index contributed by atoms with van der Waals surface area (Å²) in [4.78, 5) is 10.7. The number of rotatable bonds is 7. The Bertz CT molecular complexity index is 453. The fraction of sp³-hybridized carbons (Fsp3) is 0.500. The minimum atomic E-state index is -1.28. The van der Waals surface area contributed by atoms with Crippen molar-refractivity contribution in [2.24, 2.45) is 0 Å². The Kier molecular flexibility index (Phi) is 6.41. The van der Waals surface area contributed by atoms with Crippen LogP contribution < -0.4 is 10.1 Å². The van der Waals surface area contributed by atoms with Gasteiger partial charge in [0.25, 0.3) is 0 Å². The zero-order valence-electron chi connectivity index (χ0n) is 11.6. The molecular weight excluding hydrogens is 265 g/mol. The van der Waals surface area contributed by atoms with Gasteiger partial charge < -0.3 is 20.3 Å². The summed E-state index contributed by atoms with van der Waals surface area (Å²) in [5.74, 6) is -0.399. The minimum Gasteiger partial charge on any atom is -0.493 e. The van der Waals surface area contributed by atoms with Gasteiger partial charge in [0.05, 0.1) is 12.7 Å². The Morgan fingerprint density at radius 3 is 2.75 bits per heavy atom. The number of amides is 1. The van der Waals surface area contributed by atoms with Gasteiger partial charge in [0.15, 0.2) is 0 Å². The summed E-state index contributed by atoms with van der Waals surface area (Å²) in [6, 6.07) is 3.78. The van der Waals surface area contributed by atoms with Crippen LogP contribution in [0.2, 0.25) is 0 Å². The lowest BCUT2D eigenvalue weighted by atomic mass is 10.0. The van der Waals surface area contributed by atoms with Crippen molar-refractivity contribution in [1.29, 1.82) is 0 Å². The topological polar surface area (TPSA) is 78.8 Å². The van der Waals surface area contributed by atoms with Gasteiger partial charge in [-0.25, -0.2) is 4.39 Å². The lowest BCUT2D eigenvalue weighted by Crippen LogP contribution is -2.27. The summed E-state index contributed by atoms with van der Waals surface area (Å²) in [6.45, 7) is 3.73. The molecule has 0 fully saturated rings. The van der Waals surface area contributed by atoms with E-state index in [1.807, 2.05) is 0 Å². The van der Waals surface area contributed by atoms with E-state index in [4.69, 9.17) is 4.74 Å². The molecule has 1 amide bonds. The smallest absolute Gasteiger partial charge is 0.216 e. The van der Waals surface area contributed by atoms with Crippen LogP contribution in [-0.4, -0.2) is 35.4 Å². The summed E-state index contributed by atoms with van der Waals surface area (Å²) in [7, 11) is 0. The van der Waals surface area contributed by atoms with Crippen molar-refractivity contribution in [3.63, 3.8) is 0 Å². The standard InChI is InChI=1S/C14H20FNO4/c1-3-20-13-5-4-10(15)8-11(13)14(19)12(18)6-7-16-9(2)17/h4-5,8,12,14,18-19H,3,6-7H2,1-2H3,(H,16,17). The van der Waals surface area contributed by atoms with Gasteiger partial charge in [-0.1, -0.05) is 0 Å². The second-order valence-corrected chi connectivity index (χ2v) is 4.40. The van der Waals surface area contributed by atoms with Crippen molar-refractivity contribution >= 4 is 5.91 Å². The molecule has 2 atom stereocenters. The van der Waals surface area contributed by atoms with Crippen LogP contribution in [0.25, 0.3) is 0 Å². The molecule has 112 valence electrons. The van der Waals surface area contributed by atoms with Crippen molar-refractivity contribution < 1.29 is 24.1 Å². The minimum absolute atomic E-state index is 0.156. The number of aliphatic hydroxyl groups is 2. The molecule has 0 aliphatic carbocycles. The van der Waals surface area contributed by atoms with Gasteiger partial charge in [0.2, 0.25) is 5.91 Å². The summed E-state index contributed by atoms with van der Waals surface area (Å²) in [5, 5.41) is 22.5. The summed E-state index contributed by atoms with van der Waals surface area (Å²) >= 11 is 0. The quantitative estimate of drug-likeness (QED) is 0.702. The number of nitrogens with one attached hydrogen (secondary N) is 1. The van der Waals surface area contributed by atoms with E-state index in [2.05, 4.69) is 5.32 Å². The predicted molar refractivity (Wildman–Crippen MR) is 71.8 cm³/mol. The van der Waals surface area contributed by atoms with E-state index in [0.29, 0.717) is 12.4 Å².